The maximum Gasteiger partial charge on any atom is 0.291 e. The minimum absolute atomic E-state index is 0.0796. The zero-order valence-corrected chi connectivity index (χ0v) is 16.9. The molecule has 2 aromatic rings. The van der Waals surface area contributed by atoms with Gasteiger partial charge in [0.05, 0.1) is 6.54 Å². The van der Waals surface area contributed by atoms with Crippen LogP contribution in [0.25, 0.3) is 0 Å². The molecule has 0 spiro atoms. The number of aromatic nitrogens is 3. The monoisotopic (exact) mass is 389 g/mol. The van der Waals surface area contributed by atoms with Gasteiger partial charge in [0.2, 0.25) is 11.7 Å². The second-order valence-electron chi connectivity index (χ2n) is 8.12. The van der Waals surface area contributed by atoms with Crippen molar-refractivity contribution in [2.24, 2.45) is 0 Å². The van der Waals surface area contributed by atoms with Crippen LogP contribution in [-0.2, 0) is 16.8 Å². The molecule has 0 aromatic carbocycles. The number of carbonyl (C=O) groups is 2. The third kappa shape index (κ3) is 4.55. The van der Waals surface area contributed by atoms with Gasteiger partial charge in [0, 0.05) is 10.3 Å². The number of rotatable bonds is 5. The largest absolute Gasteiger partial charge is 0.349 e. The van der Waals surface area contributed by atoms with Crippen molar-refractivity contribution in [2.45, 2.75) is 70.4 Å². The summed E-state index contributed by atoms with van der Waals surface area (Å²) in [5.41, 5.74) is -1.12. The van der Waals surface area contributed by atoms with Crippen molar-refractivity contribution in [3.63, 3.8) is 0 Å². The number of nitrogens with one attached hydrogen (secondary N) is 3. The first-order valence-electron chi connectivity index (χ1n) is 9.36. The molecule has 0 unspecified atom stereocenters. The van der Waals surface area contributed by atoms with Gasteiger partial charge in [-0.25, -0.2) is 4.98 Å². The smallest absolute Gasteiger partial charge is 0.291 e. The van der Waals surface area contributed by atoms with E-state index in [0.29, 0.717) is 25.2 Å². The van der Waals surface area contributed by atoms with E-state index in [9.17, 15) is 9.59 Å². The van der Waals surface area contributed by atoms with Gasteiger partial charge < -0.3 is 10.6 Å². The van der Waals surface area contributed by atoms with Crippen LogP contribution in [0.3, 0.4) is 0 Å². The van der Waals surface area contributed by atoms with Crippen molar-refractivity contribution >= 4 is 23.2 Å². The molecule has 1 aliphatic carbocycles. The molecule has 2 amide bonds. The molecule has 3 N–H and O–H groups in total. The number of H-pyrrole nitrogens is 1. The predicted molar refractivity (Wildman–Crippen MR) is 105 cm³/mol. The topological polar surface area (TPSA) is 99.8 Å². The summed E-state index contributed by atoms with van der Waals surface area (Å²) in [7, 11) is 0. The van der Waals surface area contributed by atoms with Crippen LogP contribution in [0.4, 0.5) is 0 Å². The van der Waals surface area contributed by atoms with E-state index in [0.717, 1.165) is 24.1 Å². The van der Waals surface area contributed by atoms with Crippen LogP contribution >= 0.6 is 11.3 Å². The highest BCUT2D eigenvalue weighted by Gasteiger charge is 2.41. The molecule has 0 saturated heterocycles. The Morgan fingerprint density at radius 2 is 2.00 bits per heavy atom. The third-order valence-corrected chi connectivity index (χ3v) is 5.77. The van der Waals surface area contributed by atoms with Crippen LogP contribution in [0, 0.1) is 0 Å². The summed E-state index contributed by atoms with van der Waals surface area (Å²) in [4.78, 5) is 31.1. The van der Waals surface area contributed by atoms with Crippen LogP contribution in [0.15, 0.2) is 17.5 Å². The van der Waals surface area contributed by atoms with Crippen molar-refractivity contribution in [3.05, 3.63) is 34.0 Å². The summed E-state index contributed by atoms with van der Waals surface area (Å²) in [6.45, 7) is 6.46. The van der Waals surface area contributed by atoms with Gasteiger partial charge in [-0.1, -0.05) is 46.1 Å². The second kappa shape index (κ2) is 7.80. The Kier molecular flexibility index (Phi) is 5.64. The standard InChI is InChI=1S/C19H27N5O2S/c1-18(2,3)16-21-14(23-24-16)15(25)22-19(9-5-4-6-10-19)17(26)20-12-13-8-7-11-27-13/h7-8,11H,4-6,9-10,12H2,1-3H3,(H,20,26)(H,22,25)(H,21,23,24). The summed E-state index contributed by atoms with van der Waals surface area (Å²) in [5.74, 6) is 0.189. The first-order valence-corrected chi connectivity index (χ1v) is 10.2. The number of hydrogen-bond donors (Lipinski definition) is 3. The molecule has 7 nitrogen and oxygen atoms in total. The molecule has 1 saturated carbocycles. The summed E-state index contributed by atoms with van der Waals surface area (Å²) in [5, 5.41) is 14.8. The van der Waals surface area contributed by atoms with Crippen LogP contribution in [0.1, 0.15) is 74.2 Å². The molecule has 2 aromatic heterocycles. The van der Waals surface area contributed by atoms with E-state index < -0.39 is 11.4 Å². The van der Waals surface area contributed by atoms with E-state index >= 15 is 0 Å². The van der Waals surface area contributed by atoms with Gasteiger partial charge in [-0.15, -0.1) is 16.4 Å². The molecule has 27 heavy (non-hydrogen) atoms. The Bertz CT molecular complexity index is 785. The lowest BCUT2D eigenvalue weighted by atomic mass is 9.80. The van der Waals surface area contributed by atoms with Gasteiger partial charge in [0.1, 0.15) is 11.4 Å². The molecule has 8 heteroatoms. The molecule has 1 fully saturated rings. The molecule has 0 radical (unpaired) electrons. The van der Waals surface area contributed by atoms with E-state index in [1.807, 2.05) is 38.3 Å². The van der Waals surface area contributed by atoms with Gasteiger partial charge in [-0.2, -0.15) is 0 Å². The number of thiophene rings is 1. The van der Waals surface area contributed by atoms with Crippen molar-refractivity contribution < 1.29 is 9.59 Å². The van der Waals surface area contributed by atoms with E-state index in [1.54, 1.807) is 11.3 Å². The zero-order valence-electron chi connectivity index (χ0n) is 16.1. The lowest BCUT2D eigenvalue weighted by Gasteiger charge is -2.36. The molecule has 0 atom stereocenters. The average Bonchev–Trinajstić information content (AvgIpc) is 3.31. The zero-order chi connectivity index (χ0) is 19.5. The van der Waals surface area contributed by atoms with Crippen LogP contribution in [0.5, 0.6) is 0 Å². The molecule has 1 aliphatic rings. The second-order valence-corrected chi connectivity index (χ2v) is 9.15. The fourth-order valence-electron chi connectivity index (χ4n) is 3.29. The van der Waals surface area contributed by atoms with Gasteiger partial charge in [0.25, 0.3) is 5.91 Å². The van der Waals surface area contributed by atoms with Gasteiger partial charge >= 0.3 is 0 Å². The van der Waals surface area contributed by atoms with Gasteiger partial charge in [0.15, 0.2) is 0 Å². The summed E-state index contributed by atoms with van der Waals surface area (Å²) in [6, 6.07) is 3.94. The number of nitrogens with zero attached hydrogens (tertiary/aromatic N) is 2. The van der Waals surface area contributed by atoms with E-state index in [-0.39, 0.29) is 17.1 Å². The Morgan fingerprint density at radius 3 is 2.59 bits per heavy atom. The Hall–Kier alpha value is -2.22. The molecule has 3 rings (SSSR count). The maximum absolute atomic E-state index is 13.0. The minimum atomic E-state index is -0.894. The van der Waals surface area contributed by atoms with Crippen molar-refractivity contribution in [1.29, 1.82) is 0 Å². The Labute approximate surface area is 163 Å². The average molecular weight is 390 g/mol. The lowest BCUT2D eigenvalue weighted by Crippen LogP contribution is -2.59. The quantitative estimate of drug-likeness (QED) is 0.732. The first-order chi connectivity index (χ1) is 12.8. The molecule has 0 aliphatic heterocycles. The van der Waals surface area contributed by atoms with Crippen molar-refractivity contribution in [2.75, 3.05) is 0 Å². The highest BCUT2D eigenvalue weighted by molar-refractivity contribution is 7.09. The number of hydrogen-bond acceptors (Lipinski definition) is 5. The van der Waals surface area contributed by atoms with E-state index in [2.05, 4.69) is 25.8 Å². The lowest BCUT2D eigenvalue weighted by molar-refractivity contribution is -0.128. The Morgan fingerprint density at radius 1 is 1.26 bits per heavy atom. The predicted octanol–water partition coefficient (Wildman–Crippen LogP) is 2.91. The fourth-order valence-corrected chi connectivity index (χ4v) is 3.93. The van der Waals surface area contributed by atoms with E-state index in [4.69, 9.17) is 0 Å². The van der Waals surface area contributed by atoms with Crippen LogP contribution in [-0.4, -0.2) is 32.5 Å². The molecule has 146 valence electrons. The minimum Gasteiger partial charge on any atom is -0.349 e. The molecular formula is C19H27N5O2S. The van der Waals surface area contributed by atoms with Crippen molar-refractivity contribution in [3.8, 4) is 0 Å². The Balaban J connectivity index is 1.72. The van der Waals surface area contributed by atoms with E-state index in [1.165, 1.54) is 0 Å². The first kappa shape index (κ1) is 19.5. The third-order valence-electron chi connectivity index (χ3n) is 4.90. The van der Waals surface area contributed by atoms with Gasteiger partial charge in [-0.3, -0.25) is 14.7 Å². The summed E-state index contributed by atoms with van der Waals surface area (Å²) >= 11 is 1.60. The summed E-state index contributed by atoms with van der Waals surface area (Å²) in [6.07, 6.45) is 4.16. The maximum atomic E-state index is 13.0. The van der Waals surface area contributed by atoms with Gasteiger partial charge in [-0.05, 0) is 24.3 Å². The number of carbonyl (C=O) groups excluding carboxylic acids is 2. The summed E-state index contributed by atoms with van der Waals surface area (Å²) < 4.78 is 0. The van der Waals surface area contributed by atoms with Crippen LogP contribution in [0.2, 0.25) is 0 Å². The number of amides is 2. The highest BCUT2D eigenvalue weighted by Crippen LogP contribution is 2.29. The fraction of sp³-hybridized carbons (Fsp3) is 0.579. The molecule has 0 bridgehead atoms. The van der Waals surface area contributed by atoms with Crippen LogP contribution < -0.4 is 10.6 Å². The SMILES string of the molecule is CC(C)(C)c1nc(C(=O)NC2(C(=O)NCc3cccs3)CCCCC2)n[nH]1. The number of aromatic amines is 1. The molecular weight excluding hydrogens is 362 g/mol. The van der Waals surface area contributed by atoms with Crippen molar-refractivity contribution in [1.82, 2.24) is 25.8 Å². The highest BCUT2D eigenvalue weighted by atomic mass is 32.1. The molecule has 2 heterocycles. The normalized spacial score (nSPS) is 16.7.